The van der Waals surface area contributed by atoms with Gasteiger partial charge in [0.1, 0.15) is 12.4 Å². The van der Waals surface area contributed by atoms with Crippen LogP contribution in [0.2, 0.25) is 0 Å². The number of rotatable bonds is 4. The van der Waals surface area contributed by atoms with Crippen LogP contribution in [0.5, 0.6) is 5.75 Å². The van der Waals surface area contributed by atoms with Crippen LogP contribution in [0.1, 0.15) is 5.56 Å². The first-order valence-electron chi connectivity index (χ1n) is 6.95. The molecule has 0 spiro atoms. The van der Waals surface area contributed by atoms with E-state index in [1.807, 2.05) is 66.7 Å². The maximum absolute atomic E-state index is 6.07. The first kappa shape index (κ1) is 15.9. The van der Waals surface area contributed by atoms with Crippen LogP contribution < -0.4 is 10.5 Å². The van der Waals surface area contributed by atoms with Crippen LogP contribution >= 0.6 is 12.4 Å². The van der Waals surface area contributed by atoms with Crippen molar-refractivity contribution >= 4 is 18.1 Å². The molecule has 3 aromatic carbocycles. The van der Waals surface area contributed by atoms with Gasteiger partial charge in [0.15, 0.2) is 0 Å². The van der Waals surface area contributed by atoms with E-state index in [0.717, 1.165) is 28.1 Å². The second kappa shape index (κ2) is 7.53. The summed E-state index contributed by atoms with van der Waals surface area (Å²) < 4.78 is 5.98. The molecule has 0 atom stereocenters. The third-order valence-corrected chi connectivity index (χ3v) is 3.38. The van der Waals surface area contributed by atoms with Crippen molar-refractivity contribution in [1.82, 2.24) is 0 Å². The standard InChI is InChI=1S/C19H17NO.ClH/c20-18-12-6-4-10-16(18)17-11-5-7-13-19(17)21-14-15-8-2-1-3-9-15;/h1-13H,14,20H2;1H. The number of benzene rings is 3. The Labute approximate surface area is 137 Å². The first-order chi connectivity index (χ1) is 10.3. The fourth-order valence-electron chi connectivity index (χ4n) is 2.29. The second-order valence-corrected chi connectivity index (χ2v) is 4.86. The fraction of sp³-hybridized carbons (Fsp3) is 0.0526. The molecule has 3 heteroatoms. The molecule has 0 saturated carbocycles. The Morgan fingerprint density at radius 1 is 0.682 bits per heavy atom. The van der Waals surface area contributed by atoms with Crippen molar-refractivity contribution in [3.05, 3.63) is 84.4 Å². The Bertz CT molecular complexity index is 728. The Morgan fingerprint density at radius 2 is 1.27 bits per heavy atom. The average Bonchev–Trinajstić information content (AvgIpc) is 2.55. The van der Waals surface area contributed by atoms with Gasteiger partial charge in [-0.25, -0.2) is 0 Å². The summed E-state index contributed by atoms with van der Waals surface area (Å²) in [5, 5.41) is 0. The van der Waals surface area contributed by atoms with Gasteiger partial charge in [-0.1, -0.05) is 66.7 Å². The predicted octanol–water partition coefficient (Wildman–Crippen LogP) is 4.94. The molecule has 0 heterocycles. The number of nitrogens with two attached hydrogens (primary N) is 1. The zero-order chi connectivity index (χ0) is 14.5. The fourth-order valence-corrected chi connectivity index (χ4v) is 2.29. The highest BCUT2D eigenvalue weighted by molar-refractivity contribution is 5.85. The van der Waals surface area contributed by atoms with Gasteiger partial charge >= 0.3 is 0 Å². The van der Waals surface area contributed by atoms with Crippen molar-refractivity contribution in [2.24, 2.45) is 0 Å². The van der Waals surface area contributed by atoms with Gasteiger partial charge in [-0.05, 0) is 17.7 Å². The molecule has 0 aliphatic rings. The summed E-state index contributed by atoms with van der Waals surface area (Å²) in [6.45, 7) is 0.546. The van der Waals surface area contributed by atoms with Gasteiger partial charge in [0.2, 0.25) is 0 Å². The summed E-state index contributed by atoms with van der Waals surface area (Å²) >= 11 is 0. The van der Waals surface area contributed by atoms with E-state index in [0.29, 0.717) is 6.61 Å². The van der Waals surface area contributed by atoms with E-state index in [-0.39, 0.29) is 12.4 Å². The number of anilines is 1. The lowest BCUT2D eigenvalue weighted by atomic mass is 10.0. The Kier molecular flexibility index (Phi) is 5.45. The number of halogens is 1. The molecule has 0 bridgehead atoms. The zero-order valence-electron chi connectivity index (χ0n) is 12.1. The highest BCUT2D eigenvalue weighted by Gasteiger charge is 2.08. The van der Waals surface area contributed by atoms with E-state index in [2.05, 4.69) is 12.1 Å². The zero-order valence-corrected chi connectivity index (χ0v) is 12.9. The monoisotopic (exact) mass is 311 g/mol. The van der Waals surface area contributed by atoms with Crippen molar-refractivity contribution in [2.75, 3.05) is 5.73 Å². The number of hydrogen-bond donors (Lipinski definition) is 1. The lowest BCUT2D eigenvalue weighted by Crippen LogP contribution is -1.97. The smallest absolute Gasteiger partial charge is 0.127 e. The third kappa shape index (κ3) is 3.60. The lowest BCUT2D eigenvalue weighted by molar-refractivity contribution is 0.307. The number of para-hydroxylation sites is 2. The summed E-state index contributed by atoms with van der Waals surface area (Å²) in [5.74, 6) is 0.847. The van der Waals surface area contributed by atoms with Gasteiger partial charge in [0.05, 0.1) is 0 Å². The Balaban J connectivity index is 0.00000176. The minimum absolute atomic E-state index is 0. The van der Waals surface area contributed by atoms with Gasteiger partial charge < -0.3 is 10.5 Å². The van der Waals surface area contributed by atoms with Crippen LogP contribution in [-0.4, -0.2) is 0 Å². The van der Waals surface area contributed by atoms with E-state index < -0.39 is 0 Å². The van der Waals surface area contributed by atoms with Crippen molar-refractivity contribution in [2.45, 2.75) is 6.61 Å². The van der Waals surface area contributed by atoms with Crippen LogP contribution in [0.25, 0.3) is 11.1 Å². The second-order valence-electron chi connectivity index (χ2n) is 4.86. The molecular formula is C19H18ClNO. The van der Waals surface area contributed by atoms with Gasteiger partial charge in [0.25, 0.3) is 0 Å². The van der Waals surface area contributed by atoms with Crippen molar-refractivity contribution in [3.8, 4) is 16.9 Å². The molecular weight excluding hydrogens is 294 g/mol. The summed E-state index contributed by atoms with van der Waals surface area (Å²) in [6, 6.07) is 26.0. The van der Waals surface area contributed by atoms with Gasteiger partial charge in [0, 0.05) is 16.8 Å². The number of nitrogen functional groups attached to an aromatic ring is 1. The first-order valence-corrected chi connectivity index (χ1v) is 6.95. The molecule has 0 aromatic heterocycles. The SMILES string of the molecule is Cl.Nc1ccccc1-c1ccccc1OCc1ccccc1. The van der Waals surface area contributed by atoms with Crippen LogP contribution in [0.15, 0.2) is 78.9 Å². The maximum Gasteiger partial charge on any atom is 0.127 e. The average molecular weight is 312 g/mol. The number of ether oxygens (including phenoxy) is 1. The Morgan fingerprint density at radius 3 is 2.00 bits per heavy atom. The molecule has 0 saturated heterocycles. The molecule has 0 radical (unpaired) electrons. The molecule has 0 aliphatic heterocycles. The van der Waals surface area contributed by atoms with E-state index >= 15 is 0 Å². The van der Waals surface area contributed by atoms with E-state index in [4.69, 9.17) is 10.5 Å². The summed E-state index contributed by atoms with van der Waals surface area (Å²) in [5.41, 5.74) is 10.00. The quantitative estimate of drug-likeness (QED) is 0.693. The largest absolute Gasteiger partial charge is 0.488 e. The van der Waals surface area contributed by atoms with Gasteiger partial charge in [-0.15, -0.1) is 12.4 Å². The highest BCUT2D eigenvalue weighted by atomic mass is 35.5. The maximum atomic E-state index is 6.07. The van der Waals surface area contributed by atoms with E-state index in [1.54, 1.807) is 0 Å². The van der Waals surface area contributed by atoms with Gasteiger partial charge in [-0.2, -0.15) is 0 Å². The molecule has 3 aromatic rings. The molecule has 3 rings (SSSR count). The van der Waals surface area contributed by atoms with Gasteiger partial charge in [-0.3, -0.25) is 0 Å². The minimum atomic E-state index is 0. The Hall–Kier alpha value is -2.45. The van der Waals surface area contributed by atoms with Crippen LogP contribution in [0.3, 0.4) is 0 Å². The molecule has 0 unspecified atom stereocenters. The lowest BCUT2D eigenvalue weighted by Gasteiger charge is -2.13. The van der Waals surface area contributed by atoms with Crippen LogP contribution in [-0.2, 0) is 6.61 Å². The minimum Gasteiger partial charge on any atom is -0.488 e. The summed E-state index contributed by atoms with van der Waals surface area (Å²) in [6.07, 6.45) is 0. The number of hydrogen-bond acceptors (Lipinski definition) is 2. The van der Waals surface area contributed by atoms with Crippen LogP contribution in [0.4, 0.5) is 5.69 Å². The molecule has 0 amide bonds. The topological polar surface area (TPSA) is 35.2 Å². The van der Waals surface area contributed by atoms with E-state index in [9.17, 15) is 0 Å². The molecule has 0 fully saturated rings. The summed E-state index contributed by atoms with van der Waals surface area (Å²) in [4.78, 5) is 0. The van der Waals surface area contributed by atoms with Crippen LogP contribution in [0, 0.1) is 0 Å². The molecule has 2 N–H and O–H groups in total. The van der Waals surface area contributed by atoms with Crippen molar-refractivity contribution in [1.29, 1.82) is 0 Å². The summed E-state index contributed by atoms with van der Waals surface area (Å²) in [7, 11) is 0. The van der Waals surface area contributed by atoms with E-state index in [1.165, 1.54) is 0 Å². The molecule has 112 valence electrons. The molecule has 22 heavy (non-hydrogen) atoms. The highest BCUT2D eigenvalue weighted by Crippen LogP contribution is 2.33. The predicted molar refractivity (Wildman–Crippen MR) is 94.3 cm³/mol. The third-order valence-electron chi connectivity index (χ3n) is 3.38. The molecule has 2 nitrogen and oxygen atoms in total. The van der Waals surface area contributed by atoms with Crippen molar-refractivity contribution < 1.29 is 4.74 Å². The normalized spacial score (nSPS) is 9.82. The molecule has 0 aliphatic carbocycles. The van der Waals surface area contributed by atoms with Crippen molar-refractivity contribution in [3.63, 3.8) is 0 Å².